The molecule has 0 fully saturated rings. The second kappa shape index (κ2) is 11.0. The fraction of sp³-hybridized carbons (Fsp3) is 0.480. The molecule has 1 unspecified atom stereocenters. The third-order valence-electron chi connectivity index (χ3n) is 6.58. The van der Waals surface area contributed by atoms with Crippen LogP contribution in [0.3, 0.4) is 0 Å². The SMILES string of the molecule is C[N+]1(C)CCc2cc3c(c(CO)c2C1CC(=O)CCc1ccc(OCCO)cc1)OCO3.[I-]. The van der Waals surface area contributed by atoms with Gasteiger partial charge in [0.2, 0.25) is 6.79 Å². The third-order valence-corrected chi connectivity index (χ3v) is 6.58. The molecule has 2 heterocycles. The van der Waals surface area contributed by atoms with Gasteiger partial charge in [0.1, 0.15) is 24.2 Å². The molecule has 1 atom stereocenters. The molecular formula is C25H32INO6. The summed E-state index contributed by atoms with van der Waals surface area (Å²) in [6.07, 6.45) is 2.42. The van der Waals surface area contributed by atoms with Crippen molar-refractivity contribution in [1.82, 2.24) is 0 Å². The number of rotatable bonds is 9. The van der Waals surface area contributed by atoms with Crippen LogP contribution in [0.1, 0.15) is 41.1 Å². The zero-order valence-corrected chi connectivity index (χ0v) is 21.3. The van der Waals surface area contributed by atoms with E-state index >= 15 is 0 Å². The first-order valence-corrected chi connectivity index (χ1v) is 11.1. The van der Waals surface area contributed by atoms with Crippen LogP contribution in [0.25, 0.3) is 0 Å². The van der Waals surface area contributed by atoms with Gasteiger partial charge in [-0.3, -0.25) is 4.79 Å². The minimum Gasteiger partial charge on any atom is -1.00 e. The van der Waals surface area contributed by atoms with Crippen molar-refractivity contribution in [2.75, 3.05) is 40.6 Å². The molecule has 0 aliphatic carbocycles. The van der Waals surface area contributed by atoms with Gasteiger partial charge in [-0.15, -0.1) is 0 Å². The standard InChI is InChI=1S/C25H32NO6.HI/c1-26(2)10-9-18-13-23-25(32-16-31-23)21(15-28)24(18)22(26)14-19(29)6-3-17-4-7-20(8-5-17)30-12-11-27;/h4-5,7-8,13,22,27-28H,3,6,9-12,14-16H2,1-2H3;1H/q+1;/p-1. The van der Waals surface area contributed by atoms with Crippen molar-refractivity contribution in [3.05, 3.63) is 52.6 Å². The number of nitrogens with zero attached hydrogens (tertiary/aromatic N) is 1. The van der Waals surface area contributed by atoms with Gasteiger partial charge in [-0.05, 0) is 35.7 Å². The van der Waals surface area contributed by atoms with Gasteiger partial charge in [-0.2, -0.15) is 0 Å². The molecule has 0 radical (unpaired) electrons. The highest BCUT2D eigenvalue weighted by Crippen LogP contribution is 2.47. The van der Waals surface area contributed by atoms with Crippen molar-refractivity contribution < 1.29 is 57.7 Å². The molecule has 2 aliphatic heterocycles. The van der Waals surface area contributed by atoms with E-state index in [0.717, 1.165) is 35.2 Å². The first-order chi connectivity index (χ1) is 15.4. The molecule has 0 saturated heterocycles. The van der Waals surface area contributed by atoms with Crippen molar-refractivity contribution >= 4 is 5.78 Å². The molecular weight excluding hydrogens is 537 g/mol. The Hall–Kier alpha value is -1.88. The van der Waals surface area contributed by atoms with Crippen molar-refractivity contribution in [2.45, 2.75) is 38.3 Å². The predicted octanol–water partition coefficient (Wildman–Crippen LogP) is -0.452. The van der Waals surface area contributed by atoms with E-state index < -0.39 is 0 Å². The Balaban J connectivity index is 0.00000306. The summed E-state index contributed by atoms with van der Waals surface area (Å²) in [4.78, 5) is 13.0. The van der Waals surface area contributed by atoms with E-state index in [4.69, 9.17) is 19.3 Å². The molecule has 0 aromatic heterocycles. The Kier molecular flexibility index (Phi) is 8.60. The summed E-state index contributed by atoms with van der Waals surface area (Å²) < 4.78 is 17.3. The third kappa shape index (κ3) is 5.62. The zero-order valence-electron chi connectivity index (χ0n) is 19.2. The molecule has 0 spiro atoms. The maximum absolute atomic E-state index is 13.0. The topological polar surface area (TPSA) is 85.2 Å². The molecule has 0 saturated carbocycles. The quantitative estimate of drug-likeness (QED) is 0.315. The van der Waals surface area contributed by atoms with Crippen LogP contribution in [0, 0.1) is 0 Å². The average Bonchev–Trinajstić information content (AvgIpc) is 3.26. The molecule has 7 nitrogen and oxygen atoms in total. The van der Waals surface area contributed by atoms with E-state index in [1.54, 1.807) is 0 Å². The number of fused-ring (bicyclic) bond motifs is 2. The van der Waals surface area contributed by atoms with Gasteiger partial charge in [-0.25, -0.2) is 0 Å². The lowest BCUT2D eigenvalue weighted by Gasteiger charge is -2.43. The van der Waals surface area contributed by atoms with Crippen molar-refractivity contribution in [2.24, 2.45) is 0 Å². The van der Waals surface area contributed by atoms with E-state index in [1.165, 1.54) is 0 Å². The lowest BCUT2D eigenvalue weighted by atomic mass is 9.83. The van der Waals surface area contributed by atoms with Crippen molar-refractivity contribution in [3.8, 4) is 17.2 Å². The Morgan fingerprint density at radius 2 is 1.94 bits per heavy atom. The molecule has 2 aliphatic rings. The number of aryl methyl sites for hydroxylation is 1. The molecule has 33 heavy (non-hydrogen) atoms. The summed E-state index contributed by atoms with van der Waals surface area (Å²) in [5, 5.41) is 19.0. The number of halogens is 1. The number of ether oxygens (including phenoxy) is 3. The number of aliphatic hydroxyl groups is 2. The molecule has 2 aromatic rings. The van der Waals surface area contributed by atoms with Gasteiger partial charge in [0.15, 0.2) is 11.5 Å². The van der Waals surface area contributed by atoms with E-state index in [2.05, 4.69) is 14.1 Å². The molecule has 0 bridgehead atoms. The van der Waals surface area contributed by atoms with E-state index in [-0.39, 0.29) is 62.4 Å². The maximum Gasteiger partial charge on any atom is 0.231 e. The number of hydrogen-bond donors (Lipinski definition) is 2. The predicted molar refractivity (Wildman–Crippen MR) is 119 cm³/mol. The van der Waals surface area contributed by atoms with Crippen LogP contribution >= 0.6 is 0 Å². The van der Waals surface area contributed by atoms with E-state index in [0.29, 0.717) is 41.0 Å². The number of carbonyl (C=O) groups is 1. The average molecular weight is 569 g/mol. The van der Waals surface area contributed by atoms with Gasteiger partial charge in [-0.1, -0.05) is 12.1 Å². The largest absolute Gasteiger partial charge is 1.00 e. The molecule has 2 aromatic carbocycles. The smallest absolute Gasteiger partial charge is 0.231 e. The van der Waals surface area contributed by atoms with Crippen LogP contribution in [0.15, 0.2) is 30.3 Å². The number of benzene rings is 2. The second-order valence-electron chi connectivity index (χ2n) is 9.05. The molecule has 4 rings (SSSR count). The molecule has 8 heteroatoms. The number of ketones is 1. The summed E-state index contributed by atoms with van der Waals surface area (Å²) in [7, 11) is 4.30. The first kappa shape index (κ1) is 25.7. The lowest BCUT2D eigenvalue weighted by molar-refractivity contribution is -0.922. The van der Waals surface area contributed by atoms with Gasteiger partial charge < -0.3 is 52.9 Å². The number of hydrogen-bond acceptors (Lipinski definition) is 6. The minimum absolute atomic E-state index is 0. The fourth-order valence-electron chi connectivity index (χ4n) is 4.74. The number of carbonyl (C=O) groups excluding carboxylic acids is 1. The van der Waals surface area contributed by atoms with Crippen LogP contribution in [0.5, 0.6) is 17.2 Å². The van der Waals surface area contributed by atoms with Gasteiger partial charge in [0.05, 0.1) is 40.3 Å². The summed E-state index contributed by atoms with van der Waals surface area (Å²) in [5.74, 6) is 2.23. The number of aliphatic hydroxyl groups excluding tert-OH is 2. The van der Waals surface area contributed by atoms with Crippen molar-refractivity contribution in [3.63, 3.8) is 0 Å². The van der Waals surface area contributed by atoms with Gasteiger partial charge >= 0.3 is 0 Å². The highest BCUT2D eigenvalue weighted by atomic mass is 127. The summed E-state index contributed by atoms with van der Waals surface area (Å²) in [6.45, 7) is 1.20. The number of Topliss-reactive ketones (excluding diaryl/α,β-unsaturated/α-hetero) is 1. The van der Waals surface area contributed by atoms with Gasteiger partial charge in [0, 0.05) is 24.0 Å². The Morgan fingerprint density at radius 3 is 2.64 bits per heavy atom. The Bertz CT molecular complexity index is 976. The van der Waals surface area contributed by atoms with Crippen LogP contribution in [-0.2, 0) is 24.2 Å². The normalized spacial score (nSPS) is 17.8. The summed E-state index contributed by atoms with van der Waals surface area (Å²) in [6, 6.07) is 9.64. The molecule has 180 valence electrons. The fourth-order valence-corrected chi connectivity index (χ4v) is 4.74. The monoisotopic (exact) mass is 569 g/mol. The molecule has 2 N–H and O–H groups in total. The Morgan fingerprint density at radius 1 is 1.18 bits per heavy atom. The summed E-state index contributed by atoms with van der Waals surface area (Å²) >= 11 is 0. The van der Waals surface area contributed by atoms with Crippen LogP contribution in [0.2, 0.25) is 0 Å². The highest BCUT2D eigenvalue weighted by molar-refractivity contribution is 5.79. The number of quaternary nitrogens is 1. The lowest BCUT2D eigenvalue weighted by Crippen LogP contribution is -3.00. The second-order valence-corrected chi connectivity index (χ2v) is 9.05. The van der Waals surface area contributed by atoms with Crippen LogP contribution in [-0.4, -0.2) is 61.1 Å². The maximum atomic E-state index is 13.0. The molecule has 0 amide bonds. The van der Waals surface area contributed by atoms with Gasteiger partial charge in [0.25, 0.3) is 0 Å². The van der Waals surface area contributed by atoms with E-state index in [1.807, 2.05) is 30.3 Å². The summed E-state index contributed by atoms with van der Waals surface area (Å²) in [5.41, 5.74) is 4.03. The van der Waals surface area contributed by atoms with Crippen LogP contribution < -0.4 is 38.2 Å². The highest BCUT2D eigenvalue weighted by Gasteiger charge is 2.41. The Labute approximate surface area is 211 Å². The minimum atomic E-state index is -0.135. The zero-order chi connectivity index (χ0) is 22.7. The first-order valence-electron chi connectivity index (χ1n) is 11.1. The van der Waals surface area contributed by atoms with E-state index in [9.17, 15) is 9.90 Å². The number of likely N-dealkylation sites (N-methyl/N-ethyl adjacent to an activating group) is 1. The van der Waals surface area contributed by atoms with Crippen LogP contribution in [0.4, 0.5) is 0 Å². The van der Waals surface area contributed by atoms with Crippen molar-refractivity contribution in [1.29, 1.82) is 0 Å².